The Balaban J connectivity index is 1.62. The highest BCUT2D eigenvalue weighted by Crippen LogP contribution is 2.31. The van der Waals surface area contributed by atoms with Crippen LogP contribution < -0.4 is 10.6 Å². The van der Waals surface area contributed by atoms with Crippen LogP contribution in [0.5, 0.6) is 0 Å². The standard InChI is InChI=1S/C22H26N4O2S/c1-4-23-20(27)13-26(5-2)14-21(28)24-17-9-7-16(8-10-17)22-25-18-11-6-15(3)12-19(18)29-22/h6-12H,4-5,13-14H2,1-3H3,(H,23,27)(H,24,28). The first-order valence-electron chi connectivity index (χ1n) is 9.75. The number of hydrogen-bond donors (Lipinski definition) is 2. The van der Waals surface area contributed by atoms with E-state index in [4.69, 9.17) is 4.98 Å². The molecule has 152 valence electrons. The predicted octanol–water partition coefficient (Wildman–Crippen LogP) is 3.67. The van der Waals surface area contributed by atoms with E-state index in [-0.39, 0.29) is 24.9 Å². The second-order valence-corrected chi connectivity index (χ2v) is 7.90. The molecule has 2 aromatic carbocycles. The molecule has 0 aliphatic heterocycles. The van der Waals surface area contributed by atoms with E-state index in [0.29, 0.717) is 13.1 Å². The minimum Gasteiger partial charge on any atom is -0.355 e. The van der Waals surface area contributed by atoms with Crippen molar-refractivity contribution >= 4 is 39.1 Å². The fourth-order valence-electron chi connectivity index (χ4n) is 2.99. The number of aromatic nitrogens is 1. The van der Waals surface area contributed by atoms with Gasteiger partial charge >= 0.3 is 0 Å². The van der Waals surface area contributed by atoms with Crippen LogP contribution in [0.1, 0.15) is 19.4 Å². The molecule has 2 amide bonds. The molecular formula is C22H26N4O2S. The molecule has 1 heterocycles. The molecule has 3 aromatic rings. The molecule has 0 spiro atoms. The lowest BCUT2D eigenvalue weighted by Gasteiger charge is -2.19. The third-order valence-electron chi connectivity index (χ3n) is 4.52. The Labute approximate surface area is 174 Å². The van der Waals surface area contributed by atoms with Crippen molar-refractivity contribution < 1.29 is 9.59 Å². The zero-order valence-corrected chi connectivity index (χ0v) is 17.8. The number of thiazole rings is 1. The predicted molar refractivity (Wildman–Crippen MR) is 119 cm³/mol. The summed E-state index contributed by atoms with van der Waals surface area (Å²) in [6.07, 6.45) is 0. The number of rotatable bonds is 8. The zero-order chi connectivity index (χ0) is 20.8. The summed E-state index contributed by atoms with van der Waals surface area (Å²) in [5, 5.41) is 6.61. The van der Waals surface area contributed by atoms with Crippen molar-refractivity contribution in [2.75, 3.05) is 31.5 Å². The number of benzene rings is 2. The van der Waals surface area contributed by atoms with E-state index >= 15 is 0 Å². The van der Waals surface area contributed by atoms with Gasteiger partial charge in [-0.2, -0.15) is 0 Å². The third-order valence-corrected chi connectivity index (χ3v) is 5.58. The average molecular weight is 411 g/mol. The van der Waals surface area contributed by atoms with Crippen molar-refractivity contribution in [1.29, 1.82) is 0 Å². The number of amides is 2. The molecule has 3 rings (SSSR count). The van der Waals surface area contributed by atoms with Crippen LogP contribution in [-0.4, -0.2) is 47.9 Å². The van der Waals surface area contributed by atoms with Gasteiger partial charge in [-0.25, -0.2) is 4.98 Å². The summed E-state index contributed by atoms with van der Waals surface area (Å²) in [5.41, 5.74) is 3.97. The van der Waals surface area contributed by atoms with Crippen LogP contribution in [0.4, 0.5) is 5.69 Å². The van der Waals surface area contributed by atoms with Crippen LogP contribution in [-0.2, 0) is 9.59 Å². The SMILES string of the molecule is CCNC(=O)CN(CC)CC(=O)Nc1ccc(-c2nc3ccc(C)cc3s2)cc1. The fourth-order valence-corrected chi connectivity index (χ4v) is 4.06. The van der Waals surface area contributed by atoms with Crippen molar-refractivity contribution in [1.82, 2.24) is 15.2 Å². The van der Waals surface area contributed by atoms with Gasteiger partial charge in [-0.3, -0.25) is 14.5 Å². The lowest BCUT2D eigenvalue weighted by molar-refractivity contribution is -0.123. The summed E-state index contributed by atoms with van der Waals surface area (Å²) >= 11 is 1.66. The first kappa shape index (κ1) is 21.0. The van der Waals surface area contributed by atoms with Crippen molar-refractivity contribution in [3.8, 4) is 10.6 Å². The minimum atomic E-state index is -0.139. The van der Waals surface area contributed by atoms with Gasteiger partial charge in [-0.15, -0.1) is 11.3 Å². The molecule has 0 radical (unpaired) electrons. The Hall–Kier alpha value is -2.77. The van der Waals surface area contributed by atoms with Crippen LogP contribution in [0.3, 0.4) is 0 Å². The van der Waals surface area contributed by atoms with Gasteiger partial charge < -0.3 is 10.6 Å². The second kappa shape index (κ2) is 9.62. The van der Waals surface area contributed by atoms with E-state index in [9.17, 15) is 9.59 Å². The summed E-state index contributed by atoms with van der Waals surface area (Å²) in [5.74, 6) is -0.211. The third kappa shape index (κ3) is 5.62. The highest BCUT2D eigenvalue weighted by atomic mass is 32.1. The lowest BCUT2D eigenvalue weighted by Crippen LogP contribution is -2.40. The molecule has 0 unspecified atom stereocenters. The number of hydrogen-bond acceptors (Lipinski definition) is 5. The maximum atomic E-state index is 12.3. The largest absolute Gasteiger partial charge is 0.355 e. The topological polar surface area (TPSA) is 74.3 Å². The summed E-state index contributed by atoms with van der Waals surface area (Å²) in [4.78, 5) is 30.5. The molecule has 2 N–H and O–H groups in total. The molecule has 0 aliphatic rings. The van der Waals surface area contributed by atoms with Crippen LogP contribution in [0.25, 0.3) is 20.8 Å². The molecule has 0 fully saturated rings. The van der Waals surface area contributed by atoms with Gasteiger partial charge in [0, 0.05) is 17.8 Å². The van der Waals surface area contributed by atoms with E-state index in [1.165, 1.54) is 10.3 Å². The van der Waals surface area contributed by atoms with Crippen LogP contribution in [0.2, 0.25) is 0 Å². The highest BCUT2D eigenvalue weighted by molar-refractivity contribution is 7.21. The maximum absolute atomic E-state index is 12.3. The fraction of sp³-hybridized carbons (Fsp3) is 0.318. The van der Waals surface area contributed by atoms with Crippen LogP contribution in [0, 0.1) is 6.92 Å². The van der Waals surface area contributed by atoms with Crippen LogP contribution >= 0.6 is 11.3 Å². The monoisotopic (exact) mass is 410 g/mol. The summed E-state index contributed by atoms with van der Waals surface area (Å²) < 4.78 is 1.17. The van der Waals surface area contributed by atoms with Crippen molar-refractivity contribution in [3.63, 3.8) is 0 Å². The quantitative estimate of drug-likeness (QED) is 0.594. The number of carbonyl (C=O) groups excluding carboxylic acids is 2. The Morgan fingerprint density at radius 3 is 2.45 bits per heavy atom. The van der Waals surface area contributed by atoms with E-state index in [1.807, 2.05) is 44.2 Å². The molecule has 0 aliphatic carbocycles. The molecule has 0 bridgehead atoms. The van der Waals surface area contributed by atoms with E-state index < -0.39 is 0 Å². The van der Waals surface area contributed by atoms with Gasteiger partial charge in [0.05, 0.1) is 23.3 Å². The number of carbonyl (C=O) groups is 2. The maximum Gasteiger partial charge on any atom is 0.238 e. The van der Waals surface area contributed by atoms with Crippen molar-refractivity contribution in [3.05, 3.63) is 48.0 Å². The van der Waals surface area contributed by atoms with E-state index in [0.717, 1.165) is 21.8 Å². The number of nitrogens with zero attached hydrogens (tertiary/aromatic N) is 2. The lowest BCUT2D eigenvalue weighted by atomic mass is 10.2. The van der Waals surface area contributed by atoms with Gasteiger partial charge in [-0.05, 0) is 62.4 Å². The first-order chi connectivity index (χ1) is 14.0. The molecule has 7 heteroatoms. The van der Waals surface area contributed by atoms with Crippen LogP contribution in [0.15, 0.2) is 42.5 Å². The van der Waals surface area contributed by atoms with Gasteiger partial charge in [0.25, 0.3) is 0 Å². The smallest absolute Gasteiger partial charge is 0.238 e. The molecule has 6 nitrogen and oxygen atoms in total. The molecule has 0 atom stereocenters. The highest BCUT2D eigenvalue weighted by Gasteiger charge is 2.13. The number of anilines is 1. The number of likely N-dealkylation sites (N-methyl/N-ethyl adjacent to an activating group) is 2. The van der Waals surface area contributed by atoms with E-state index in [2.05, 4.69) is 29.7 Å². The van der Waals surface area contributed by atoms with E-state index in [1.54, 1.807) is 16.2 Å². The Morgan fingerprint density at radius 1 is 1.03 bits per heavy atom. The zero-order valence-electron chi connectivity index (χ0n) is 17.0. The Bertz CT molecular complexity index is 998. The molecule has 1 aromatic heterocycles. The Kier molecular flexibility index (Phi) is 6.95. The normalized spacial score (nSPS) is 11.0. The number of fused-ring (bicyclic) bond motifs is 1. The number of aryl methyl sites for hydroxylation is 1. The molecular weight excluding hydrogens is 384 g/mol. The minimum absolute atomic E-state index is 0.0717. The summed E-state index contributed by atoms with van der Waals surface area (Å²) in [6.45, 7) is 7.48. The van der Waals surface area contributed by atoms with Crippen molar-refractivity contribution in [2.45, 2.75) is 20.8 Å². The second-order valence-electron chi connectivity index (χ2n) is 6.87. The molecule has 29 heavy (non-hydrogen) atoms. The number of nitrogens with one attached hydrogen (secondary N) is 2. The van der Waals surface area contributed by atoms with Gasteiger partial charge in [0.2, 0.25) is 11.8 Å². The van der Waals surface area contributed by atoms with Crippen molar-refractivity contribution in [2.24, 2.45) is 0 Å². The molecule has 0 saturated carbocycles. The van der Waals surface area contributed by atoms with Gasteiger partial charge in [0.1, 0.15) is 5.01 Å². The van der Waals surface area contributed by atoms with Gasteiger partial charge in [-0.1, -0.05) is 13.0 Å². The van der Waals surface area contributed by atoms with Gasteiger partial charge in [0.15, 0.2) is 0 Å². The first-order valence-corrected chi connectivity index (χ1v) is 10.6. The molecule has 0 saturated heterocycles. The summed E-state index contributed by atoms with van der Waals surface area (Å²) in [7, 11) is 0. The summed E-state index contributed by atoms with van der Waals surface area (Å²) in [6, 6.07) is 13.9. The Morgan fingerprint density at radius 2 is 1.76 bits per heavy atom. The average Bonchev–Trinajstić information content (AvgIpc) is 3.11.